The van der Waals surface area contributed by atoms with Gasteiger partial charge in [0.2, 0.25) is 10.0 Å². The van der Waals surface area contributed by atoms with Gasteiger partial charge in [-0.05, 0) is 25.5 Å². The van der Waals surface area contributed by atoms with Crippen LogP contribution >= 0.6 is 0 Å². The van der Waals surface area contributed by atoms with Gasteiger partial charge in [-0.25, -0.2) is 8.42 Å². The summed E-state index contributed by atoms with van der Waals surface area (Å²) in [6, 6.07) is 7.51. The Kier molecular flexibility index (Phi) is 5.71. The first kappa shape index (κ1) is 20.1. The number of aryl methyl sites for hydroxylation is 2. The lowest BCUT2D eigenvalue weighted by molar-refractivity contribution is 0.122. The first-order valence-corrected chi connectivity index (χ1v) is 11.4. The number of anilines is 2. The normalized spacial score (nSPS) is 18.8. The molecular formula is C20H27N5O3S. The summed E-state index contributed by atoms with van der Waals surface area (Å²) in [6.45, 7) is 8.96. The second-order valence-electron chi connectivity index (χ2n) is 7.53. The number of hydrogen-bond donors (Lipinski definition) is 0. The zero-order valence-electron chi connectivity index (χ0n) is 16.9. The quantitative estimate of drug-likeness (QED) is 0.745. The molecule has 1 aromatic heterocycles. The summed E-state index contributed by atoms with van der Waals surface area (Å²) in [5.41, 5.74) is 2.88. The fourth-order valence-corrected chi connectivity index (χ4v) is 5.51. The van der Waals surface area contributed by atoms with E-state index in [9.17, 15) is 8.42 Å². The highest BCUT2D eigenvalue weighted by atomic mass is 32.2. The molecule has 0 unspecified atom stereocenters. The number of piperazine rings is 1. The number of morpholine rings is 1. The molecule has 2 saturated heterocycles. The van der Waals surface area contributed by atoms with E-state index in [1.54, 1.807) is 16.6 Å². The summed E-state index contributed by atoms with van der Waals surface area (Å²) in [4.78, 5) is 4.73. The molecule has 3 heterocycles. The maximum atomic E-state index is 13.1. The predicted molar refractivity (Wildman–Crippen MR) is 112 cm³/mol. The van der Waals surface area contributed by atoms with Crippen LogP contribution < -0.4 is 9.80 Å². The average molecular weight is 418 g/mol. The first-order valence-electron chi connectivity index (χ1n) is 9.93. The highest BCUT2D eigenvalue weighted by Gasteiger charge is 2.30. The average Bonchev–Trinajstić information content (AvgIpc) is 2.74. The maximum absolute atomic E-state index is 13.1. The van der Waals surface area contributed by atoms with Crippen LogP contribution in [0.2, 0.25) is 0 Å². The lowest BCUT2D eigenvalue weighted by atomic mass is 10.2. The summed E-state index contributed by atoms with van der Waals surface area (Å²) >= 11 is 0. The molecule has 29 heavy (non-hydrogen) atoms. The van der Waals surface area contributed by atoms with Crippen molar-refractivity contribution >= 4 is 21.5 Å². The van der Waals surface area contributed by atoms with Crippen molar-refractivity contribution in [3.8, 4) is 0 Å². The van der Waals surface area contributed by atoms with Gasteiger partial charge in [0.25, 0.3) is 0 Å². The van der Waals surface area contributed by atoms with Crippen molar-refractivity contribution in [3.05, 3.63) is 41.6 Å². The van der Waals surface area contributed by atoms with Crippen LogP contribution in [0.4, 0.5) is 11.5 Å². The number of benzene rings is 1. The van der Waals surface area contributed by atoms with Crippen LogP contribution in [-0.2, 0) is 14.8 Å². The van der Waals surface area contributed by atoms with Crippen LogP contribution in [0.15, 0.2) is 35.4 Å². The van der Waals surface area contributed by atoms with E-state index in [0.717, 1.165) is 35.7 Å². The Balaban J connectivity index is 1.45. The van der Waals surface area contributed by atoms with Gasteiger partial charge in [0.1, 0.15) is 0 Å². The lowest BCUT2D eigenvalue weighted by Crippen LogP contribution is -2.49. The fourth-order valence-electron chi connectivity index (χ4n) is 3.88. The summed E-state index contributed by atoms with van der Waals surface area (Å²) in [7, 11) is -3.49. The molecule has 0 bridgehead atoms. The molecule has 2 aliphatic rings. The third kappa shape index (κ3) is 4.22. The molecule has 0 aliphatic carbocycles. The number of aromatic nitrogens is 2. The van der Waals surface area contributed by atoms with Crippen LogP contribution in [0.25, 0.3) is 0 Å². The molecule has 4 rings (SSSR count). The SMILES string of the molecule is Cc1ccc(S(=O)(=O)N2CCN(c3cc(N4CCOCC4)cnn3)CC2)c(C)c1. The molecule has 0 amide bonds. The van der Waals surface area contributed by atoms with Crippen molar-refractivity contribution < 1.29 is 13.2 Å². The highest BCUT2D eigenvalue weighted by Crippen LogP contribution is 2.25. The van der Waals surface area contributed by atoms with Crippen LogP contribution in [0.5, 0.6) is 0 Å². The third-order valence-electron chi connectivity index (χ3n) is 5.51. The Labute approximate surface area is 172 Å². The Morgan fingerprint density at radius 2 is 1.66 bits per heavy atom. The second kappa shape index (κ2) is 8.25. The molecule has 2 aromatic rings. The number of sulfonamides is 1. The van der Waals surface area contributed by atoms with E-state index in [0.29, 0.717) is 44.3 Å². The van der Waals surface area contributed by atoms with E-state index in [-0.39, 0.29) is 0 Å². The zero-order valence-corrected chi connectivity index (χ0v) is 17.7. The van der Waals surface area contributed by atoms with E-state index in [4.69, 9.17) is 4.74 Å². The van der Waals surface area contributed by atoms with Gasteiger partial charge in [-0.1, -0.05) is 17.7 Å². The standard InChI is InChI=1S/C20H27N5O3S/c1-16-3-4-19(17(2)13-16)29(26,27)25-7-5-24(6-8-25)20-14-18(15-21-22-20)23-9-11-28-12-10-23/h3-4,13-15H,5-12H2,1-2H3. The summed E-state index contributed by atoms with van der Waals surface area (Å²) < 4.78 is 33.2. The topological polar surface area (TPSA) is 78.9 Å². The van der Waals surface area contributed by atoms with Crippen molar-refractivity contribution in [2.45, 2.75) is 18.7 Å². The minimum absolute atomic E-state index is 0.394. The van der Waals surface area contributed by atoms with Crippen molar-refractivity contribution in [2.75, 3.05) is 62.3 Å². The van der Waals surface area contributed by atoms with Gasteiger partial charge >= 0.3 is 0 Å². The smallest absolute Gasteiger partial charge is 0.243 e. The van der Waals surface area contributed by atoms with E-state index < -0.39 is 10.0 Å². The van der Waals surface area contributed by atoms with Crippen molar-refractivity contribution in [3.63, 3.8) is 0 Å². The molecule has 2 aliphatic heterocycles. The van der Waals surface area contributed by atoms with Crippen molar-refractivity contribution in [1.82, 2.24) is 14.5 Å². The largest absolute Gasteiger partial charge is 0.378 e. The van der Waals surface area contributed by atoms with Crippen LogP contribution in [0.3, 0.4) is 0 Å². The zero-order chi connectivity index (χ0) is 20.4. The monoisotopic (exact) mass is 417 g/mol. The van der Waals surface area contributed by atoms with Crippen LogP contribution in [0.1, 0.15) is 11.1 Å². The summed E-state index contributed by atoms with van der Waals surface area (Å²) in [6.07, 6.45) is 1.77. The molecule has 8 nitrogen and oxygen atoms in total. The fraction of sp³-hybridized carbons (Fsp3) is 0.500. The van der Waals surface area contributed by atoms with Crippen LogP contribution in [0, 0.1) is 13.8 Å². The van der Waals surface area contributed by atoms with Gasteiger partial charge in [-0.3, -0.25) is 0 Å². The number of rotatable bonds is 4. The van der Waals surface area contributed by atoms with E-state index in [2.05, 4.69) is 20.0 Å². The number of hydrogen-bond acceptors (Lipinski definition) is 7. The van der Waals surface area contributed by atoms with Crippen molar-refractivity contribution in [1.29, 1.82) is 0 Å². The highest BCUT2D eigenvalue weighted by molar-refractivity contribution is 7.89. The molecular weight excluding hydrogens is 390 g/mol. The lowest BCUT2D eigenvalue weighted by Gasteiger charge is -2.35. The minimum Gasteiger partial charge on any atom is -0.378 e. The van der Waals surface area contributed by atoms with E-state index >= 15 is 0 Å². The van der Waals surface area contributed by atoms with E-state index in [1.165, 1.54) is 0 Å². The Morgan fingerprint density at radius 1 is 0.931 bits per heavy atom. The van der Waals surface area contributed by atoms with Gasteiger partial charge in [-0.15, -0.1) is 5.10 Å². The molecule has 1 aromatic carbocycles. The molecule has 0 N–H and O–H groups in total. The Bertz CT molecular complexity index is 968. The van der Waals surface area contributed by atoms with Crippen molar-refractivity contribution in [2.24, 2.45) is 0 Å². The summed E-state index contributed by atoms with van der Waals surface area (Å²) in [5, 5.41) is 8.44. The van der Waals surface area contributed by atoms with Gasteiger partial charge < -0.3 is 14.5 Å². The van der Waals surface area contributed by atoms with Crippen LogP contribution in [-0.4, -0.2) is 75.4 Å². The predicted octanol–water partition coefficient (Wildman–Crippen LogP) is 1.44. The molecule has 0 atom stereocenters. The van der Waals surface area contributed by atoms with E-state index in [1.807, 2.05) is 32.0 Å². The Hall–Kier alpha value is -2.23. The third-order valence-corrected chi connectivity index (χ3v) is 7.57. The molecule has 2 fully saturated rings. The minimum atomic E-state index is -3.49. The van der Waals surface area contributed by atoms with Gasteiger partial charge in [0, 0.05) is 45.3 Å². The Morgan fingerprint density at radius 3 is 2.34 bits per heavy atom. The van der Waals surface area contributed by atoms with Gasteiger partial charge in [-0.2, -0.15) is 9.40 Å². The second-order valence-corrected chi connectivity index (χ2v) is 9.44. The van der Waals surface area contributed by atoms with Gasteiger partial charge in [0.15, 0.2) is 5.82 Å². The number of nitrogens with zero attached hydrogens (tertiary/aromatic N) is 5. The molecule has 9 heteroatoms. The molecule has 0 saturated carbocycles. The summed E-state index contributed by atoms with van der Waals surface area (Å²) in [5.74, 6) is 0.789. The number of ether oxygens (including phenoxy) is 1. The molecule has 156 valence electrons. The molecule has 0 radical (unpaired) electrons. The maximum Gasteiger partial charge on any atom is 0.243 e. The van der Waals surface area contributed by atoms with Gasteiger partial charge in [0.05, 0.1) is 30.0 Å². The molecule has 0 spiro atoms. The first-order chi connectivity index (χ1) is 13.9.